The van der Waals surface area contributed by atoms with Gasteiger partial charge in [0.05, 0.1) is 46.0 Å². The largest absolute Gasteiger partial charge is 0.507 e. The average molecular weight is 758 g/mol. The normalized spacial score (nSPS) is 9.47. The lowest BCUT2D eigenvalue weighted by Gasteiger charge is -2.10. The zero-order chi connectivity index (χ0) is 40.8. The predicted molar refractivity (Wildman–Crippen MR) is 201 cm³/mol. The Morgan fingerprint density at radius 2 is 1.09 bits per heavy atom. The molecule has 0 aliphatic rings. The third-order valence-corrected chi connectivity index (χ3v) is 7.10. The van der Waals surface area contributed by atoms with E-state index in [9.17, 15) is 34.4 Å². The summed E-state index contributed by atoms with van der Waals surface area (Å²) in [6.07, 6.45) is 2.58. The fourth-order valence-corrected chi connectivity index (χ4v) is 4.26. The van der Waals surface area contributed by atoms with Crippen LogP contribution in [0.4, 0.5) is 5.69 Å². The molecule has 0 amide bonds. The first-order valence-electron chi connectivity index (χ1n) is 15.8. The maximum atomic E-state index is 10.7. The first kappa shape index (κ1) is 43.7. The molecule has 15 nitrogen and oxygen atoms in total. The summed E-state index contributed by atoms with van der Waals surface area (Å²) in [6, 6.07) is 26.7. The molecule has 0 heterocycles. The van der Waals surface area contributed by atoms with Gasteiger partial charge in [-0.15, -0.1) is 0 Å². The number of hydrogen-bond acceptors (Lipinski definition) is 14. The highest BCUT2D eigenvalue weighted by molar-refractivity contribution is 5.80. The Hall–Kier alpha value is -7.42. The standard InChI is InChI=1S/C15H14O3.C9H10O3.C8H7NO5.C8H8O3/c1-17-15-9-13(10-16)7-8-14(15)18-11-12-5-3-2-4-6-12;1-11-8-4-3-7(6-10)5-9(8)12-2;1-14-7-3-5(4-10)2-6(8(7)11)9(12)13;1-11-7-3-2-6(5-9)8(10)4-7/h2-10H,11H2,1H3;3-6H,1-2H3;2-4,11H,1H3;2-5,10H,1H3. The van der Waals surface area contributed by atoms with Gasteiger partial charge in [-0.2, -0.15) is 0 Å². The van der Waals surface area contributed by atoms with Crippen molar-refractivity contribution in [1.82, 2.24) is 0 Å². The van der Waals surface area contributed by atoms with Crippen LogP contribution in [0, 0.1) is 10.1 Å². The van der Waals surface area contributed by atoms with Crippen LogP contribution in [-0.2, 0) is 6.61 Å². The molecule has 0 fully saturated rings. The number of nitrogens with zero attached hydrogens (tertiary/aromatic N) is 1. The number of aromatic hydroxyl groups is 2. The zero-order valence-electron chi connectivity index (χ0n) is 30.5. The van der Waals surface area contributed by atoms with E-state index in [-0.39, 0.29) is 22.6 Å². The lowest BCUT2D eigenvalue weighted by molar-refractivity contribution is -0.386. The summed E-state index contributed by atoms with van der Waals surface area (Å²) in [5.74, 6) is 2.20. The van der Waals surface area contributed by atoms with E-state index in [1.807, 2.05) is 30.3 Å². The van der Waals surface area contributed by atoms with Gasteiger partial charge < -0.3 is 38.6 Å². The molecule has 288 valence electrons. The minimum Gasteiger partial charge on any atom is -0.507 e. The summed E-state index contributed by atoms with van der Waals surface area (Å²) in [4.78, 5) is 51.3. The molecule has 5 aromatic carbocycles. The second-order valence-electron chi connectivity index (χ2n) is 10.5. The number of nitro benzene ring substituents is 1. The van der Waals surface area contributed by atoms with Crippen molar-refractivity contribution in [3.63, 3.8) is 0 Å². The van der Waals surface area contributed by atoms with Gasteiger partial charge in [-0.25, -0.2) is 0 Å². The molecular weight excluding hydrogens is 718 g/mol. The smallest absolute Gasteiger partial charge is 0.315 e. The molecule has 15 heteroatoms. The van der Waals surface area contributed by atoms with Crippen molar-refractivity contribution >= 4 is 30.8 Å². The highest BCUT2D eigenvalue weighted by Crippen LogP contribution is 2.36. The van der Waals surface area contributed by atoms with Gasteiger partial charge in [-0.1, -0.05) is 30.3 Å². The molecule has 2 N–H and O–H groups in total. The molecule has 0 aromatic heterocycles. The third-order valence-electron chi connectivity index (χ3n) is 7.10. The maximum absolute atomic E-state index is 10.7. The van der Waals surface area contributed by atoms with E-state index >= 15 is 0 Å². The molecule has 0 saturated heterocycles. The van der Waals surface area contributed by atoms with Crippen LogP contribution in [0.1, 0.15) is 47.0 Å². The van der Waals surface area contributed by atoms with Gasteiger partial charge >= 0.3 is 5.69 Å². The predicted octanol–water partition coefficient (Wildman–Crippen LogP) is 6.94. The molecule has 0 bridgehead atoms. The number of hydrogen-bond donors (Lipinski definition) is 2. The minimum absolute atomic E-state index is 0.0562. The maximum Gasteiger partial charge on any atom is 0.315 e. The SMILES string of the molecule is COc1cc(C=O)cc([N+](=O)[O-])c1O.COc1cc(C=O)ccc1OCc1ccccc1.COc1ccc(C=O)c(O)c1.COc1ccc(C=O)cc1OC. The lowest BCUT2D eigenvalue weighted by Crippen LogP contribution is -1.98. The van der Waals surface area contributed by atoms with Gasteiger partial charge in [0.2, 0.25) is 5.75 Å². The van der Waals surface area contributed by atoms with Crippen LogP contribution in [0.2, 0.25) is 0 Å². The van der Waals surface area contributed by atoms with Gasteiger partial charge in [-0.3, -0.25) is 29.3 Å². The van der Waals surface area contributed by atoms with Gasteiger partial charge in [0.15, 0.2) is 35.0 Å². The molecule has 0 atom stereocenters. The van der Waals surface area contributed by atoms with E-state index in [1.54, 1.807) is 56.7 Å². The molecule has 0 aliphatic heterocycles. The number of rotatable bonds is 13. The fourth-order valence-electron chi connectivity index (χ4n) is 4.26. The quantitative estimate of drug-likeness (QED) is 0.0709. The highest BCUT2D eigenvalue weighted by atomic mass is 16.6. The van der Waals surface area contributed by atoms with Crippen molar-refractivity contribution in [3.8, 4) is 46.0 Å². The monoisotopic (exact) mass is 757 g/mol. The van der Waals surface area contributed by atoms with Crippen molar-refractivity contribution < 1.29 is 62.7 Å². The van der Waals surface area contributed by atoms with Gasteiger partial charge in [0.25, 0.3) is 0 Å². The van der Waals surface area contributed by atoms with Crippen LogP contribution in [0.15, 0.2) is 97.1 Å². The second-order valence-corrected chi connectivity index (χ2v) is 10.5. The molecule has 55 heavy (non-hydrogen) atoms. The van der Waals surface area contributed by atoms with Crippen LogP contribution in [0.5, 0.6) is 46.0 Å². The molecule has 0 spiro atoms. The summed E-state index contributed by atoms with van der Waals surface area (Å²) >= 11 is 0. The van der Waals surface area contributed by atoms with E-state index in [0.717, 1.165) is 24.2 Å². The number of phenolic OH excluding ortho intramolecular Hbond substituents is 2. The summed E-state index contributed by atoms with van der Waals surface area (Å²) in [7, 11) is 7.38. The van der Waals surface area contributed by atoms with Crippen molar-refractivity contribution in [1.29, 1.82) is 0 Å². The van der Waals surface area contributed by atoms with E-state index in [2.05, 4.69) is 4.74 Å². The number of carbonyl (C=O) groups excluding carboxylic acids is 4. The van der Waals surface area contributed by atoms with E-state index in [1.165, 1.54) is 39.5 Å². The number of methoxy groups -OCH3 is 5. The Bertz CT molecular complexity index is 2030. The molecule has 5 aromatic rings. The summed E-state index contributed by atoms with van der Waals surface area (Å²) in [5.41, 5.74) is 2.02. The summed E-state index contributed by atoms with van der Waals surface area (Å²) in [5, 5.41) is 28.8. The van der Waals surface area contributed by atoms with Crippen LogP contribution in [0.25, 0.3) is 0 Å². The van der Waals surface area contributed by atoms with Crippen molar-refractivity contribution in [2.45, 2.75) is 6.61 Å². The van der Waals surface area contributed by atoms with Crippen LogP contribution >= 0.6 is 0 Å². The van der Waals surface area contributed by atoms with Gasteiger partial charge in [0, 0.05) is 28.8 Å². The Balaban J connectivity index is 0.000000258. The van der Waals surface area contributed by atoms with Crippen molar-refractivity contribution in [3.05, 3.63) is 135 Å². The number of phenols is 2. The van der Waals surface area contributed by atoms with Crippen LogP contribution < -0.4 is 28.4 Å². The zero-order valence-corrected chi connectivity index (χ0v) is 30.5. The Morgan fingerprint density at radius 3 is 1.56 bits per heavy atom. The first-order chi connectivity index (χ1) is 26.5. The molecule has 0 saturated carbocycles. The Morgan fingerprint density at radius 1 is 0.564 bits per heavy atom. The number of carbonyl (C=O) groups is 4. The summed E-state index contributed by atoms with van der Waals surface area (Å²) in [6.45, 7) is 0.470. The molecule has 0 radical (unpaired) electrons. The van der Waals surface area contributed by atoms with E-state index < -0.39 is 16.4 Å². The fraction of sp³-hybridized carbons (Fsp3) is 0.150. The molecular formula is C40H39NO14. The van der Waals surface area contributed by atoms with E-state index in [4.69, 9.17) is 28.8 Å². The third kappa shape index (κ3) is 13.6. The topological polar surface area (TPSA) is 207 Å². The van der Waals surface area contributed by atoms with Crippen molar-refractivity contribution in [2.75, 3.05) is 35.5 Å². The minimum atomic E-state index is -0.787. The summed E-state index contributed by atoms with van der Waals surface area (Å²) < 4.78 is 30.3. The van der Waals surface area contributed by atoms with Crippen LogP contribution in [0.3, 0.4) is 0 Å². The second kappa shape index (κ2) is 23.2. The number of aldehydes is 4. The number of nitro groups is 1. The van der Waals surface area contributed by atoms with Gasteiger partial charge in [-0.05, 0) is 60.2 Å². The van der Waals surface area contributed by atoms with Gasteiger partial charge in [0.1, 0.15) is 37.0 Å². The average Bonchev–Trinajstić information content (AvgIpc) is 3.23. The number of ether oxygens (including phenoxy) is 6. The first-order valence-corrected chi connectivity index (χ1v) is 15.8. The molecule has 5 rings (SSSR count). The highest BCUT2D eigenvalue weighted by Gasteiger charge is 2.19. The van der Waals surface area contributed by atoms with Crippen molar-refractivity contribution in [2.24, 2.45) is 0 Å². The number of benzene rings is 5. The van der Waals surface area contributed by atoms with Crippen LogP contribution in [-0.4, -0.2) is 75.8 Å². The Kier molecular flexibility index (Phi) is 18.5. The van der Waals surface area contributed by atoms with E-state index in [0.29, 0.717) is 59.1 Å². The molecule has 0 unspecified atom stereocenters. The lowest BCUT2D eigenvalue weighted by atomic mass is 10.2. The Labute approximate surface area is 316 Å². The molecule has 0 aliphatic carbocycles.